The van der Waals surface area contributed by atoms with Gasteiger partial charge in [0.25, 0.3) is 0 Å². The molecule has 0 heterocycles. The highest BCUT2D eigenvalue weighted by molar-refractivity contribution is 5.76. The lowest BCUT2D eigenvalue weighted by atomic mass is 10.0. The summed E-state index contributed by atoms with van der Waals surface area (Å²) < 4.78 is 5.48. The molecule has 0 aliphatic carbocycles. The van der Waals surface area contributed by atoms with Gasteiger partial charge in [-0.2, -0.15) is 0 Å². The van der Waals surface area contributed by atoms with E-state index in [-0.39, 0.29) is 18.5 Å². The Bertz CT molecular complexity index is 1200. The Morgan fingerprint density at radius 1 is 0.378 bits per heavy atom. The molecule has 0 saturated carbocycles. The second-order valence-corrected chi connectivity index (χ2v) is 22.8. The van der Waals surface area contributed by atoms with Crippen LogP contribution >= 0.6 is 0 Å². The summed E-state index contributed by atoms with van der Waals surface area (Å²) in [6.45, 7) is 4.94. The molecule has 0 aromatic carbocycles. The van der Waals surface area contributed by atoms with E-state index >= 15 is 0 Å². The number of carbonyl (C=O) groups excluding carboxylic acids is 2. The monoisotopic (exact) mass is 1040 g/mol. The average molecular weight is 1040 g/mol. The quantitative estimate of drug-likeness (QED) is 0.0320. The summed E-state index contributed by atoms with van der Waals surface area (Å²) in [6, 6.07) is -0.549. The largest absolute Gasteiger partial charge is 0.466 e. The first-order chi connectivity index (χ1) is 36.5. The molecule has 74 heavy (non-hydrogen) atoms. The molecule has 2 atom stereocenters. The summed E-state index contributed by atoms with van der Waals surface area (Å²) in [5.41, 5.74) is 0. The van der Waals surface area contributed by atoms with Crippen molar-refractivity contribution >= 4 is 11.9 Å². The summed E-state index contributed by atoms with van der Waals surface area (Å²) in [5, 5.41) is 23.4. The maximum Gasteiger partial charge on any atom is 0.305 e. The molecule has 0 radical (unpaired) electrons. The first-order valence-corrected chi connectivity index (χ1v) is 33.2. The SMILES string of the molecule is CCCCC/C=C\C/C=C\CCCCCCCC(=O)OCCCCCCCCCCCC/C=C\CCCCCCCCCC(=O)NC(CO)C(O)CCCCCCCCCCCCCCCCCCCCCCC. The number of allylic oxidation sites excluding steroid dienone is 6. The van der Waals surface area contributed by atoms with Gasteiger partial charge < -0.3 is 20.3 Å². The molecule has 0 aliphatic rings. The molecule has 0 saturated heterocycles. The number of rotatable bonds is 62. The Kier molecular flexibility index (Phi) is 62.0. The van der Waals surface area contributed by atoms with E-state index in [1.165, 1.54) is 276 Å². The van der Waals surface area contributed by atoms with Crippen LogP contribution < -0.4 is 5.32 Å². The van der Waals surface area contributed by atoms with Crippen LogP contribution in [0.2, 0.25) is 0 Å². The van der Waals surface area contributed by atoms with E-state index < -0.39 is 12.1 Å². The van der Waals surface area contributed by atoms with Crippen molar-refractivity contribution in [3.63, 3.8) is 0 Å². The summed E-state index contributed by atoms with van der Waals surface area (Å²) in [4.78, 5) is 24.6. The average Bonchev–Trinajstić information content (AvgIpc) is 3.40. The van der Waals surface area contributed by atoms with Crippen LogP contribution in [-0.2, 0) is 14.3 Å². The Morgan fingerprint density at radius 3 is 1.07 bits per heavy atom. The minimum absolute atomic E-state index is 0.00533. The third kappa shape index (κ3) is 59.3. The Labute approximate surface area is 462 Å². The third-order valence-electron chi connectivity index (χ3n) is 15.4. The van der Waals surface area contributed by atoms with Crippen LogP contribution in [0.15, 0.2) is 36.5 Å². The van der Waals surface area contributed by atoms with E-state index in [9.17, 15) is 19.8 Å². The summed E-state index contributed by atoms with van der Waals surface area (Å²) in [6.07, 6.45) is 80.2. The van der Waals surface area contributed by atoms with E-state index in [2.05, 4.69) is 55.6 Å². The number of hydrogen-bond donors (Lipinski definition) is 3. The first-order valence-electron chi connectivity index (χ1n) is 33.2. The van der Waals surface area contributed by atoms with Gasteiger partial charge in [-0.3, -0.25) is 9.59 Å². The summed E-state index contributed by atoms with van der Waals surface area (Å²) in [5.74, 6) is -0.0451. The number of esters is 1. The molecule has 0 aromatic heterocycles. The van der Waals surface area contributed by atoms with Crippen molar-refractivity contribution in [1.82, 2.24) is 5.32 Å². The topological polar surface area (TPSA) is 95.9 Å². The summed E-state index contributed by atoms with van der Waals surface area (Å²) >= 11 is 0. The van der Waals surface area contributed by atoms with Gasteiger partial charge in [0.1, 0.15) is 0 Å². The molecule has 0 aliphatic heterocycles. The smallest absolute Gasteiger partial charge is 0.305 e. The minimum atomic E-state index is -0.671. The van der Waals surface area contributed by atoms with Gasteiger partial charge in [-0.1, -0.05) is 301 Å². The summed E-state index contributed by atoms with van der Waals surface area (Å²) in [7, 11) is 0. The van der Waals surface area contributed by atoms with E-state index in [1.807, 2.05) is 0 Å². The number of aliphatic hydroxyl groups is 2. The first kappa shape index (κ1) is 72.1. The molecule has 0 bridgehead atoms. The van der Waals surface area contributed by atoms with Crippen LogP contribution in [-0.4, -0.2) is 47.4 Å². The normalized spacial score (nSPS) is 12.8. The highest BCUT2D eigenvalue weighted by atomic mass is 16.5. The lowest BCUT2D eigenvalue weighted by Gasteiger charge is -2.22. The van der Waals surface area contributed by atoms with Gasteiger partial charge in [0.2, 0.25) is 5.91 Å². The molecular formula is C68H129NO5. The van der Waals surface area contributed by atoms with Crippen molar-refractivity contribution in [1.29, 1.82) is 0 Å². The van der Waals surface area contributed by atoms with Gasteiger partial charge >= 0.3 is 5.97 Å². The van der Waals surface area contributed by atoms with Crippen molar-refractivity contribution in [3.8, 4) is 0 Å². The predicted octanol–water partition coefficient (Wildman–Crippen LogP) is 21.1. The molecule has 3 N–H and O–H groups in total. The standard InChI is InChI=1S/C68H129NO5/c1-3-5-7-9-11-13-15-17-19-20-21-23-26-29-33-36-40-44-48-52-56-60-66(71)65(64-70)69-67(72)61-57-53-49-45-41-37-34-30-27-24-22-25-28-31-35-39-43-47-51-55-59-63-74-68(73)62-58-54-50-46-42-38-32-18-16-14-12-10-8-6-4-2/h12,14,18,24,27,32,65-66,70-71H,3-11,13,15-17,19-23,25-26,28-31,33-64H2,1-2H3,(H,69,72)/b14-12-,27-24-,32-18-. The molecule has 6 heteroatoms. The molecule has 0 rings (SSSR count). The Morgan fingerprint density at radius 2 is 0.676 bits per heavy atom. The highest BCUT2D eigenvalue weighted by Gasteiger charge is 2.20. The molecule has 0 spiro atoms. The van der Waals surface area contributed by atoms with Crippen molar-refractivity contribution < 1.29 is 24.5 Å². The van der Waals surface area contributed by atoms with Crippen molar-refractivity contribution in [3.05, 3.63) is 36.5 Å². The maximum atomic E-state index is 12.5. The fraction of sp³-hybridized carbons (Fsp3) is 0.882. The second-order valence-electron chi connectivity index (χ2n) is 22.8. The lowest BCUT2D eigenvalue weighted by Crippen LogP contribution is -2.45. The zero-order valence-electron chi connectivity index (χ0n) is 49.8. The number of carbonyl (C=O) groups is 2. The van der Waals surface area contributed by atoms with E-state index in [1.54, 1.807) is 0 Å². The van der Waals surface area contributed by atoms with Gasteiger partial charge in [0.15, 0.2) is 0 Å². The zero-order chi connectivity index (χ0) is 53.6. The fourth-order valence-corrected chi connectivity index (χ4v) is 10.3. The van der Waals surface area contributed by atoms with Crippen LogP contribution in [0, 0.1) is 0 Å². The van der Waals surface area contributed by atoms with Crippen LogP contribution in [0.1, 0.15) is 361 Å². The second kappa shape index (κ2) is 63.6. The number of nitrogens with one attached hydrogen (secondary N) is 1. The minimum Gasteiger partial charge on any atom is -0.466 e. The van der Waals surface area contributed by atoms with Gasteiger partial charge in [0.05, 0.1) is 25.4 Å². The number of aliphatic hydroxyl groups excluding tert-OH is 2. The van der Waals surface area contributed by atoms with Crippen LogP contribution in [0.3, 0.4) is 0 Å². The number of ether oxygens (including phenoxy) is 1. The molecule has 436 valence electrons. The molecule has 6 nitrogen and oxygen atoms in total. The van der Waals surface area contributed by atoms with Gasteiger partial charge in [-0.05, 0) is 83.5 Å². The van der Waals surface area contributed by atoms with Crippen LogP contribution in [0.4, 0.5) is 0 Å². The molecule has 0 aromatic rings. The van der Waals surface area contributed by atoms with E-state index in [4.69, 9.17) is 4.74 Å². The zero-order valence-corrected chi connectivity index (χ0v) is 49.8. The van der Waals surface area contributed by atoms with Crippen molar-refractivity contribution in [2.24, 2.45) is 0 Å². The molecule has 1 amide bonds. The third-order valence-corrected chi connectivity index (χ3v) is 15.4. The Hall–Kier alpha value is -1.92. The van der Waals surface area contributed by atoms with E-state index in [0.717, 1.165) is 51.4 Å². The van der Waals surface area contributed by atoms with Crippen molar-refractivity contribution in [2.45, 2.75) is 373 Å². The Balaban J connectivity index is 3.43. The van der Waals surface area contributed by atoms with Gasteiger partial charge in [0, 0.05) is 12.8 Å². The number of unbranched alkanes of at least 4 members (excludes halogenated alkanes) is 45. The maximum absolute atomic E-state index is 12.5. The molecule has 0 fully saturated rings. The van der Waals surface area contributed by atoms with Crippen LogP contribution in [0.25, 0.3) is 0 Å². The van der Waals surface area contributed by atoms with Crippen molar-refractivity contribution in [2.75, 3.05) is 13.2 Å². The van der Waals surface area contributed by atoms with Gasteiger partial charge in [-0.15, -0.1) is 0 Å². The lowest BCUT2D eigenvalue weighted by molar-refractivity contribution is -0.143. The van der Waals surface area contributed by atoms with Crippen LogP contribution in [0.5, 0.6) is 0 Å². The molecule has 2 unspecified atom stereocenters. The molecular weight excluding hydrogens is 911 g/mol. The number of amides is 1. The fourth-order valence-electron chi connectivity index (χ4n) is 10.3. The number of hydrogen-bond acceptors (Lipinski definition) is 5. The van der Waals surface area contributed by atoms with Gasteiger partial charge in [-0.25, -0.2) is 0 Å². The van der Waals surface area contributed by atoms with E-state index in [0.29, 0.717) is 25.9 Å². The predicted molar refractivity (Wildman–Crippen MR) is 324 cm³/mol. The highest BCUT2D eigenvalue weighted by Crippen LogP contribution is 2.18.